The van der Waals surface area contributed by atoms with Crippen LogP contribution in [-0.2, 0) is 0 Å². The van der Waals surface area contributed by atoms with Crippen molar-refractivity contribution in [3.05, 3.63) is 0 Å². The van der Waals surface area contributed by atoms with Gasteiger partial charge in [-0.1, -0.05) is 0 Å². The van der Waals surface area contributed by atoms with Gasteiger partial charge in [-0.3, -0.25) is 0 Å². The smallest absolute Gasteiger partial charge is 0.238 e. The first kappa shape index (κ1) is 19.3. The van der Waals surface area contributed by atoms with Gasteiger partial charge >= 0.3 is 17.8 Å². The zero-order valence-electron chi connectivity index (χ0n) is 10.8. The van der Waals surface area contributed by atoms with Crippen LogP contribution in [0, 0.1) is 0 Å². The Kier molecular flexibility index (Phi) is 4.24. The molecule has 0 bridgehead atoms. The summed E-state index contributed by atoms with van der Waals surface area (Å²) < 4.78 is 131. The molecule has 0 aromatic heterocycles. The summed E-state index contributed by atoms with van der Waals surface area (Å²) in [5.74, 6) is -24.4. The van der Waals surface area contributed by atoms with E-state index in [1.54, 1.807) is 0 Å². The van der Waals surface area contributed by atoms with Crippen LogP contribution in [0.4, 0.5) is 43.9 Å². The molecule has 0 fully saturated rings. The van der Waals surface area contributed by atoms with Gasteiger partial charge in [-0.2, -0.15) is 26.3 Å². The highest BCUT2D eigenvalue weighted by Gasteiger charge is 2.84. The number of halogens is 10. The van der Waals surface area contributed by atoms with Gasteiger partial charge in [-0.15, -0.1) is 0 Å². The highest BCUT2D eigenvalue weighted by Crippen LogP contribution is 2.58. The Bertz CT molecular complexity index is 321. The first-order valence-electron chi connectivity index (χ1n) is 5.14. The first-order chi connectivity index (χ1) is 8.25. The molecule has 0 aromatic rings. The van der Waals surface area contributed by atoms with E-state index in [9.17, 15) is 43.9 Å². The maximum absolute atomic E-state index is 13.4. The molecule has 0 saturated carbocycles. The Labute approximate surface area is 108 Å². The average Bonchev–Trinajstić information content (AvgIpc) is 2.12. The van der Waals surface area contributed by atoms with E-state index in [2.05, 4.69) is 0 Å². The lowest BCUT2D eigenvalue weighted by Crippen LogP contribution is -2.70. The Hall–Kier alpha value is -0.700. The molecule has 122 valence electrons. The maximum Gasteiger partial charge on any atom is 0.378 e. The molecule has 0 spiro atoms. The van der Waals surface area contributed by atoms with Crippen molar-refractivity contribution < 1.29 is 43.9 Å². The molecule has 0 aliphatic heterocycles. The first-order valence-corrected chi connectivity index (χ1v) is 5.14. The maximum atomic E-state index is 13.4. The molecule has 0 amide bonds. The van der Waals surface area contributed by atoms with E-state index < -0.39 is 48.9 Å². The Morgan fingerprint density at radius 3 is 0.950 bits per heavy atom. The quantitative estimate of drug-likeness (QED) is 0.623. The topological polar surface area (TPSA) is 0 Å². The second-order valence-corrected chi connectivity index (χ2v) is 5.09. The summed E-state index contributed by atoms with van der Waals surface area (Å²) in [5.41, 5.74) is -9.52. The van der Waals surface area contributed by atoms with Gasteiger partial charge in [-0.05, 0) is 20.8 Å². The number of hydrogen-bond donors (Lipinski definition) is 0. The second kappa shape index (κ2) is 4.40. The molecule has 0 radical (unpaired) electrons. The number of alkyl halides is 10. The van der Waals surface area contributed by atoms with E-state index in [0.29, 0.717) is 0 Å². The van der Waals surface area contributed by atoms with Crippen molar-refractivity contribution in [2.45, 2.75) is 62.7 Å². The monoisotopic (exact) mass is 322 g/mol. The molecule has 20 heavy (non-hydrogen) atoms. The zero-order chi connectivity index (χ0) is 17.0. The lowest BCUT2D eigenvalue weighted by molar-refractivity contribution is -0.383. The van der Waals surface area contributed by atoms with Crippen molar-refractivity contribution in [2.24, 2.45) is 0 Å². The van der Waals surface area contributed by atoms with Crippen LogP contribution in [0.15, 0.2) is 0 Å². The van der Waals surface area contributed by atoms with Crippen LogP contribution in [0.3, 0.4) is 0 Å². The standard InChI is InChI=1S/C10H12F10/c1-5(2,11)8(15,16)10(19,20)9(17,18)6(3,12)7(4,13)14/h1-4H3. The summed E-state index contributed by atoms with van der Waals surface area (Å²) in [7, 11) is 0. The summed E-state index contributed by atoms with van der Waals surface area (Å²) in [6, 6.07) is 0. The van der Waals surface area contributed by atoms with Gasteiger partial charge in [0.05, 0.1) is 0 Å². The van der Waals surface area contributed by atoms with Crippen molar-refractivity contribution >= 4 is 0 Å². The molecule has 0 N–H and O–H groups in total. The predicted molar refractivity (Wildman–Crippen MR) is 50.2 cm³/mol. The van der Waals surface area contributed by atoms with E-state index in [1.165, 1.54) is 0 Å². The highest BCUT2D eigenvalue weighted by atomic mass is 19.4. The zero-order valence-corrected chi connectivity index (χ0v) is 10.8. The van der Waals surface area contributed by atoms with Crippen molar-refractivity contribution in [1.29, 1.82) is 0 Å². The third kappa shape index (κ3) is 2.34. The summed E-state index contributed by atoms with van der Waals surface area (Å²) in [6.45, 7) is -1.44. The van der Waals surface area contributed by atoms with Gasteiger partial charge in [0.15, 0.2) is 5.67 Å². The minimum absolute atomic E-state index is 0.156. The third-order valence-corrected chi connectivity index (χ3v) is 2.95. The van der Waals surface area contributed by atoms with Gasteiger partial charge in [0.2, 0.25) is 5.67 Å². The molecule has 0 aliphatic carbocycles. The molecule has 0 aliphatic rings. The molecule has 1 unspecified atom stereocenters. The molecular formula is C10H12F10. The van der Waals surface area contributed by atoms with Crippen LogP contribution in [0.5, 0.6) is 0 Å². The minimum atomic E-state index is -6.68. The van der Waals surface area contributed by atoms with Crippen LogP contribution in [0.2, 0.25) is 0 Å². The molecule has 0 heterocycles. The van der Waals surface area contributed by atoms with Crippen molar-refractivity contribution in [1.82, 2.24) is 0 Å². The predicted octanol–water partition coefficient (Wildman–Crippen LogP) is 5.02. The summed E-state index contributed by atoms with van der Waals surface area (Å²) in [4.78, 5) is 0. The lowest BCUT2D eigenvalue weighted by atomic mass is 9.82. The second-order valence-electron chi connectivity index (χ2n) is 5.09. The van der Waals surface area contributed by atoms with Crippen LogP contribution in [0.1, 0.15) is 27.7 Å². The molecule has 0 saturated heterocycles. The van der Waals surface area contributed by atoms with Gasteiger partial charge in [0.1, 0.15) is 0 Å². The van der Waals surface area contributed by atoms with E-state index >= 15 is 0 Å². The highest BCUT2D eigenvalue weighted by molar-refractivity contribution is 5.13. The molecule has 0 nitrogen and oxygen atoms in total. The van der Waals surface area contributed by atoms with Crippen LogP contribution < -0.4 is 0 Å². The normalized spacial score (nSPS) is 18.9. The van der Waals surface area contributed by atoms with Crippen LogP contribution in [0.25, 0.3) is 0 Å². The van der Waals surface area contributed by atoms with E-state index in [1.807, 2.05) is 0 Å². The fourth-order valence-electron chi connectivity index (χ4n) is 1.14. The molecule has 0 aromatic carbocycles. The largest absolute Gasteiger partial charge is 0.378 e. The third-order valence-electron chi connectivity index (χ3n) is 2.95. The Morgan fingerprint density at radius 2 is 0.750 bits per heavy atom. The number of rotatable bonds is 5. The Morgan fingerprint density at radius 1 is 0.450 bits per heavy atom. The number of hydrogen-bond acceptors (Lipinski definition) is 0. The van der Waals surface area contributed by atoms with Gasteiger partial charge < -0.3 is 0 Å². The average molecular weight is 322 g/mol. The van der Waals surface area contributed by atoms with Gasteiger partial charge in [0, 0.05) is 6.92 Å². The van der Waals surface area contributed by atoms with Crippen molar-refractivity contribution in [2.75, 3.05) is 0 Å². The lowest BCUT2D eigenvalue weighted by Gasteiger charge is -2.43. The van der Waals surface area contributed by atoms with Crippen molar-refractivity contribution in [3.63, 3.8) is 0 Å². The fraction of sp³-hybridized carbons (Fsp3) is 1.00. The summed E-state index contributed by atoms with van der Waals surface area (Å²) >= 11 is 0. The van der Waals surface area contributed by atoms with E-state index in [-0.39, 0.29) is 13.8 Å². The SMILES string of the molecule is CC(C)(F)C(F)(F)C(F)(F)C(F)(F)C(C)(F)C(C)(F)F. The molecule has 10 heteroatoms. The van der Waals surface area contributed by atoms with Crippen molar-refractivity contribution in [3.8, 4) is 0 Å². The van der Waals surface area contributed by atoms with Crippen LogP contribution in [-0.4, -0.2) is 35.0 Å². The van der Waals surface area contributed by atoms with Gasteiger partial charge in [-0.25, -0.2) is 17.6 Å². The van der Waals surface area contributed by atoms with Crippen LogP contribution >= 0.6 is 0 Å². The molecular weight excluding hydrogens is 310 g/mol. The fourth-order valence-corrected chi connectivity index (χ4v) is 1.14. The molecule has 1 atom stereocenters. The minimum Gasteiger partial charge on any atom is -0.238 e. The molecule has 0 rings (SSSR count). The van der Waals surface area contributed by atoms with E-state index in [0.717, 1.165) is 0 Å². The summed E-state index contributed by atoms with van der Waals surface area (Å²) in [6.07, 6.45) is 0. The van der Waals surface area contributed by atoms with Gasteiger partial charge in [0.25, 0.3) is 5.92 Å². The summed E-state index contributed by atoms with van der Waals surface area (Å²) in [5, 5.41) is 0. The van der Waals surface area contributed by atoms with E-state index in [4.69, 9.17) is 0 Å². The Balaban J connectivity index is 6.08.